The normalized spacial score (nSPS) is 11.2. The van der Waals surface area contributed by atoms with Gasteiger partial charge in [0.05, 0.1) is 11.0 Å². The van der Waals surface area contributed by atoms with E-state index in [9.17, 15) is 9.59 Å². The Morgan fingerprint density at radius 3 is 2.18 bits per heavy atom. The smallest absolute Gasteiger partial charge is 0.249 e. The Bertz CT molecular complexity index is 1890. The molecule has 189 valence electrons. The highest BCUT2D eigenvalue weighted by Gasteiger charge is 2.20. The van der Waals surface area contributed by atoms with E-state index in [1.54, 1.807) is 24.3 Å². The molecule has 0 spiro atoms. The first-order valence-electron chi connectivity index (χ1n) is 12.3. The van der Waals surface area contributed by atoms with Crippen molar-refractivity contribution in [2.45, 2.75) is 6.54 Å². The van der Waals surface area contributed by atoms with Crippen molar-refractivity contribution in [1.82, 2.24) is 4.57 Å². The van der Waals surface area contributed by atoms with Gasteiger partial charge in [-0.1, -0.05) is 89.9 Å². The largest absolute Gasteiger partial charge is 0.366 e. The number of fused-ring (bicyclic) bond motifs is 3. The van der Waals surface area contributed by atoms with Crippen LogP contribution in [-0.2, 0) is 6.54 Å². The fourth-order valence-electron chi connectivity index (χ4n) is 5.14. The van der Waals surface area contributed by atoms with Crippen LogP contribution < -0.4 is 5.73 Å². The van der Waals surface area contributed by atoms with Crippen LogP contribution in [0.1, 0.15) is 31.8 Å². The summed E-state index contributed by atoms with van der Waals surface area (Å²) in [5.41, 5.74) is 11.4. The van der Waals surface area contributed by atoms with Gasteiger partial charge in [0.15, 0.2) is 5.78 Å². The average Bonchev–Trinajstić information content (AvgIpc) is 3.26. The summed E-state index contributed by atoms with van der Waals surface area (Å²) in [4.78, 5) is 25.9. The Morgan fingerprint density at radius 2 is 1.44 bits per heavy atom. The number of nitrogens with two attached hydrogens (primary N) is 1. The van der Waals surface area contributed by atoms with Crippen LogP contribution in [0.15, 0.2) is 103 Å². The number of carbonyl (C=O) groups excluding carboxylic acids is 2. The van der Waals surface area contributed by atoms with Crippen molar-refractivity contribution >= 4 is 56.7 Å². The average molecular weight is 548 g/mol. The van der Waals surface area contributed by atoms with Gasteiger partial charge in [0.25, 0.3) is 0 Å². The molecule has 0 unspecified atom stereocenters. The molecule has 1 amide bonds. The zero-order valence-electron chi connectivity index (χ0n) is 20.6. The Kier molecular flexibility index (Phi) is 6.43. The first-order chi connectivity index (χ1) is 18.9. The lowest BCUT2D eigenvalue weighted by Crippen LogP contribution is -2.11. The van der Waals surface area contributed by atoms with E-state index in [-0.39, 0.29) is 5.78 Å². The highest BCUT2D eigenvalue weighted by atomic mass is 35.5. The molecule has 5 aromatic carbocycles. The van der Waals surface area contributed by atoms with E-state index >= 15 is 0 Å². The maximum atomic E-state index is 13.5. The van der Waals surface area contributed by atoms with Crippen LogP contribution in [-0.4, -0.2) is 16.3 Å². The highest BCUT2D eigenvalue weighted by molar-refractivity contribution is 6.39. The molecule has 0 fully saturated rings. The lowest BCUT2D eigenvalue weighted by Gasteiger charge is -2.13. The number of halogens is 2. The molecule has 6 heteroatoms. The number of carbonyl (C=O) groups is 2. The molecule has 1 heterocycles. The Hall–Kier alpha value is -4.38. The molecule has 1 aromatic heterocycles. The highest BCUT2D eigenvalue weighted by Crippen LogP contribution is 2.39. The van der Waals surface area contributed by atoms with Crippen LogP contribution in [0.25, 0.3) is 32.9 Å². The molecule has 0 bridgehead atoms. The predicted octanol–water partition coefficient (Wildman–Crippen LogP) is 7.95. The van der Waals surface area contributed by atoms with Crippen LogP contribution in [0.2, 0.25) is 10.0 Å². The van der Waals surface area contributed by atoms with E-state index < -0.39 is 5.91 Å². The molecule has 0 saturated carbocycles. The maximum absolute atomic E-state index is 13.5. The third kappa shape index (κ3) is 4.38. The van der Waals surface area contributed by atoms with Gasteiger partial charge in [0.1, 0.15) is 0 Å². The molecule has 0 aliphatic heterocycles. The Morgan fingerprint density at radius 1 is 0.769 bits per heavy atom. The van der Waals surface area contributed by atoms with Crippen molar-refractivity contribution in [2.24, 2.45) is 5.73 Å². The molecule has 0 aliphatic carbocycles. The third-order valence-corrected chi connectivity index (χ3v) is 7.57. The molecule has 6 aromatic rings. The maximum Gasteiger partial charge on any atom is 0.249 e. The minimum absolute atomic E-state index is 0.0557. The number of benzene rings is 5. The lowest BCUT2D eigenvalue weighted by molar-refractivity contribution is 0.1000. The summed E-state index contributed by atoms with van der Waals surface area (Å²) in [6, 6.07) is 34.8. The number of hydrogen-bond donors (Lipinski definition) is 1. The van der Waals surface area contributed by atoms with Crippen molar-refractivity contribution < 1.29 is 9.59 Å². The fraction of sp³-hybridized carbons (Fsp3) is 0.0303. The minimum Gasteiger partial charge on any atom is -0.366 e. The van der Waals surface area contributed by atoms with E-state index in [2.05, 4.69) is 10.6 Å². The molecule has 2 N–H and O–H groups in total. The van der Waals surface area contributed by atoms with E-state index in [1.165, 1.54) is 0 Å². The van der Waals surface area contributed by atoms with Crippen LogP contribution in [0.3, 0.4) is 0 Å². The summed E-state index contributed by atoms with van der Waals surface area (Å²) < 4.78 is 2.08. The van der Waals surface area contributed by atoms with E-state index in [1.807, 2.05) is 78.9 Å². The monoisotopic (exact) mass is 547 g/mol. The minimum atomic E-state index is -0.522. The quantitative estimate of drug-likeness (QED) is 0.215. The fourth-order valence-corrected chi connectivity index (χ4v) is 5.76. The standard InChI is InChI=1S/C33H21Cl2N2O2/c34-26-13-7-14-27(35)30(26)21-16-17-24-29(18-21)37(28-15-6-12-25(31(24)28)33(36)39)19-22-10-4-5-11-23(22)32(38)20-8-2-1-3-9-20/h1-16,18H,19H2,(H2,36,39). The van der Waals surface area contributed by atoms with Gasteiger partial charge in [-0.3, -0.25) is 9.59 Å². The van der Waals surface area contributed by atoms with Gasteiger partial charge < -0.3 is 10.3 Å². The number of rotatable bonds is 6. The van der Waals surface area contributed by atoms with Crippen LogP contribution in [0, 0.1) is 6.07 Å². The molecule has 39 heavy (non-hydrogen) atoms. The summed E-state index contributed by atoms with van der Waals surface area (Å²) in [5.74, 6) is -0.578. The molecular formula is C33H21Cl2N2O2. The molecule has 1 radical (unpaired) electrons. The topological polar surface area (TPSA) is 65.1 Å². The summed E-state index contributed by atoms with van der Waals surface area (Å²) in [6.45, 7) is 0.379. The van der Waals surface area contributed by atoms with Gasteiger partial charge in [-0.05, 0) is 53.6 Å². The zero-order valence-corrected chi connectivity index (χ0v) is 22.1. The molecule has 0 saturated heterocycles. The molecular weight excluding hydrogens is 527 g/mol. The SMILES string of the molecule is NC(=O)c1cccc2c1c1[c]cc(-c3c(Cl)cccc3Cl)cc1n2Cc1ccccc1C(=O)c1ccccc1. The first kappa shape index (κ1) is 24.9. The third-order valence-electron chi connectivity index (χ3n) is 6.94. The van der Waals surface area contributed by atoms with Crippen LogP contribution >= 0.6 is 23.2 Å². The lowest BCUT2D eigenvalue weighted by atomic mass is 9.98. The number of primary amides is 1. The van der Waals surface area contributed by atoms with Gasteiger partial charge in [-0.25, -0.2) is 0 Å². The summed E-state index contributed by atoms with van der Waals surface area (Å²) in [6.07, 6.45) is 0. The van der Waals surface area contributed by atoms with Gasteiger partial charge >= 0.3 is 0 Å². The first-order valence-corrected chi connectivity index (χ1v) is 13.1. The second-order valence-electron chi connectivity index (χ2n) is 9.25. The summed E-state index contributed by atoms with van der Waals surface area (Å²) in [7, 11) is 0. The summed E-state index contributed by atoms with van der Waals surface area (Å²) >= 11 is 13.1. The molecule has 6 rings (SSSR count). The van der Waals surface area contributed by atoms with E-state index in [0.717, 1.165) is 27.5 Å². The van der Waals surface area contributed by atoms with Crippen molar-refractivity contribution in [3.63, 3.8) is 0 Å². The van der Waals surface area contributed by atoms with Crippen molar-refractivity contribution in [3.8, 4) is 11.1 Å². The summed E-state index contributed by atoms with van der Waals surface area (Å²) in [5, 5.41) is 2.51. The Labute approximate surface area is 235 Å². The van der Waals surface area contributed by atoms with Gasteiger partial charge in [-0.2, -0.15) is 0 Å². The number of aromatic nitrogens is 1. The van der Waals surface area contributed by atoms with Crippen molar-refractivity contribution in [1.29, 1.82) is 0 Å². The van der Waals surface area contributed by atoms with Gasteiger partial charge in [0, 0.05) is 49.6 Å². The van der Waals surface area contributed by atoms with Gasteiger partial charge in [-0.15, -0.1) is 0 Å². The molecule has 4 nitrogen and oxygen atoms in total. The second kappa shape index (κ2) is 10.1. The zero-order chi connectivity index (χ0) is 27.1. The number of ketones is 1. The number of amides is 1. The van der Waals surface area contributed by atoms with Gasteiger partial charge in [0.2, 0.25) is 5.91 Å². The number of hydrogen-bond acceptors (Lipinski definition) is 2. The van der Waals surface area contributed by atoms with Crippen LogP contribution in [0.4, 0.5) is 0 Å². The van der Waals surface area contributed by atoms with Crippen molar-refractivity contribution in [2.75, 3.05) is 0 Å². The Balaban J connectivity index is 1.60. The van der Waals surface area contributed by atoms with E-state index in [0.29, 0.717) is 44.2 Å². The second-order valence-corrected chi connectivity index (χ2v) is 10.1. The van der Waals surface area contributed by atoms with E-state index in [4.69, 9.17) is 28.9 Å². The number of nitrogens with zero attached hydrogens (tertiary/aromatic N) is 1. The van der Waals surface area contributed by atoms with Crippen LogP contribution in [0.5, 0.6) is 0 Å². The molecule has 0 atom stereocenters. The molecule has 0 aliphatic rings. The predicted molar refractivity (Wildman–Crippen MR) is 158 cm³/mol. The van der Waals surface area contributed by atoms with Crippen molar-refractivity contribution in [3.05, 3.63) is 141 Å².